The fraction of sp³-hybridized carbons (Fsp3) is 0.600. The summed E-state index contributed by atoms with van der Waals surface area (Å²) in [7, 11) is 0. The highest BCUT2D eigenvalue weighted by molar-refractivity contribution is 7.10. The molecule has 0 spiro atoms. The van der Waals surface area contributed by atoms with Crippen molar-refractivity contribution < 1.29 is 14.7 Å². The Bertz CT molecular complexity index is 539. The number of nitrogens with one attached hydrogen (secondary N) is 1. The van der Waals surface area contributed by atoms with Crippen LogP contribution in [0.4, 0.5) is 0 Å². The molecule has 3 rings (SSSR count). The van der Waals surface area contributed by atoms with Crippen molar-refractivity contribution in [2.75, 3.05) is 0 Å². The molecule has 2 aliphatic rings. The van der Waals surface area contributed by atoms with Gasteiger partial charge < -0.3 is 10.4 Å². The molecule has 1 amide bonds. The third-order valence-electron chi connectivity index (χ3n) is 4.49. The van der Waals surface area contributed by atoms with Gasteiger partial charge in [-0.15, -0.1) is 11.3 Å². The quantitative estimate of drug-likeness (QED) is 0.896. The van der Waals surface area contributed by atoms with E-state index in [2.05, 4.69) is 23.7 Å². The zero-order chi connectivity index (χ0) is 14.3. The van der Waals surface area contributed by atoms with Gasteiger partial charge in [0.1, 0.15) is 0 Å². The van der Waals surface area contributed by atoms with Crippen molar-refractivity contribution in [2.45, 2.75) is 44.6 Å². The van der Waals surface area contributed by atoms with Crippen LogP contribution in [0.3, 0.4) is 0 Å². The van der Waals surface area contributed by atoms with Crippen molar-refractivity contribution in [3.8, 4) is 0 Å². The van der Waals surface area contributed by atoms with Gasteiger partial charge in [-0.25, -0.2) is 0 Å². The van der Waals surface area contributed by atoms with E-state index in [0.29, 0.717) is 18.8 Å². The van der Waals surface area contributed by atoms with Gasteiger partial charge in [0, 0.05) is 22.8 Å². The van der Waals surface area contributed by atoms with Crippen LogP contribution in [-0.2, 0) is 9.59 Å². The standard InChI is InChI=1S/C15H19NO3S/c1-8-4-5-20-13(8)11-7-12(11)14(17)16-10-3-2-9(6-10)15(18)19/h4-5,9-12H,2-3,6-7H2,1H3,(H,16,17)(H,18,19)/t9-,10+,11-,12+/m1/s1. The molecule has 0 aromatic carbocycles. The maximum Gasteiger partial charge on any atom is 0.306 e. The van der Waals surface area contributed by atoms with E-state index in [4.69, 9.17) is 5.11 Å². The summed E-state index contributed by atoms with van der Waals surface area (Å²) in [5.41, 5.74) is 1.28. The Morgan fingerprint density at radius 3 is 2.75 bits per heavy atom. The average Bonchev–Trinajstić information content (AvgIpc) is 2.84. The minimum absolute atomic E-state index is 0.0503. The van der Waals surface area contributed by atoms with Crippen molar-refractivity contribution >= 4 is 23.2 Å². The lowest BCUT2D eigenvalue weighted by Gasteiger charge is -2.12. The smallest absolute Gasteiger partial charge is 0.306 e. The van der Waals surface area contributed by atoms with E-state index < -0.39 is 5.97 Å². The van der Waals surface area contributed by atoms with Gasteiger partial charge >= 0.3 is 5.97 Å². The van der Waals surface area contributed by atoms with E-state index in [1.165, 1.54) is 10.4 Å². The van der Waals surface area contributed by atoms with Crippen molar-refractivity contribution in [1.29, 1.82) is 0 Å². The molecule has 1 aromatic heterocycles. The third-order valence-corrected chi connectivity index (χ3v) is 5.64. The molecule has 20 heavy (non-hydrogen) atoms. The Balaban J connectivity index is 1.52. The number of hydrogen-bond donors (Lipinski definition) is 2. The molecule has 0 radical (unpaired) electrons. The van der Waals surface area contributed by atoms with Gasteiger partial charge in [0.05, 0.1) is 5.92 Å². The molecule has 2 fully saturated rings. The van der Waals surface area contributed by atoms with Crippen LogP contribution in [0.15, 0.2) is 11.4 Å². The number of hydrogen-bond acceptors (Lipinski definition) is 3. The van der Waals surface area contributed by atoms with Gasteiger partial charge in [-0.05, 0) is 49.6 Å². The Hall–Kier alpha value is -1.36. The summed E-state index contributed by atoms with van der Waals surface area (Å²) >= 11 is 1.73. The average molecular weight is 293 g/mol. The second-order valence-electron chi connectivity index (χ2n) is 5.97. The number of carbonyl (C=O) groups excluding carboxylic acids is 1. The molecule has 2 saturated carbocycles. The van der Waals surface area contributed by atoms with Crippen LogP contribution < -0.4 is 5.32 Å². The van der Waals surface area contributed by atoms with Gasteiger partial charge in [-0.3, -0.25) is 9.59 Å². The molecule has 108 valence electrons. The summed E-state index contributed by atoms with van der Waals surface area (Å²) in [6, 6.07) is 2.15. The first kappa shape index (κ1) is 13.6. The fourth-order valence-electron chi connectivity index (χ4n) is 3.18. The zero-order valence-corrected chi connectivity index (χ0v) is 12.3. The summed E-state index contributed by atoms with van der Waals surface area (Å²) < 4.78 is 0. The normalized spacial score (nSPS) is 32.0. The highest BCUT2D eigenvalue weighted by Crippen LogP contribution is 2.50. The summed E-state index contributed by atoms with van der Waals surface area (Å²) in [6.07, 6.45) is 2.98. The molecule has 0 aliphatic heterocycles. The van der Waals surface area contributed by atoms with E-state index in [1.54, 1.807) is 11.3 Å². The predicted molar refractivity (Wildman–Crippen MR) is 76.8 cm³/mol. The first-order valence-electron chi connectivity index (χ1n) is 7.13. The minimum Gasteiger partial charge on any atom is -0.481 e. The van der Waals surface area contributed by atoms with Crippen LogP contribution >= 0.6 is 11.3 Å². The molecular weight excluding hydrogens is 274 g/mol. The number of aliphatic carboxylic acids is 1. The van der Waals surface area contributed by atoms with E-state index in [0.717, 1.165) is 12.8 Å². The topological polar surface area (TPSA) is 66.4 Å². The number of thiophene rings is 1. The molecule has 0 bridgehead atoms. The van der Waals surface area contributed by atoms with Crippen LogP contribution in [0.25, 0.3) is 0 Å². The number of carboxylic acids is 1. The Morgan fingerprint density at radius 2 is 2.15 bits per heavy atom. The molecule has 5 heteroatoms. The van der Waals surface area contributed by atoms with Crippen LogP contribution in [0.1, 0.15) is 42.0 Å². The highest BCUT2D eigenvalue weighted by Gasteiger charge is 2.46. The molecule has 2 N–H and O–H groups in total. The Kier molecular flexibility index (Phi) is 3.54. The molecule has 4 atom stereocenters. The van der Waals surface area contributed by atoms with Crippen molar-refractivity contribution in [3.05, 3.63) is 21.9 Å². The third kappa shape index (κ3) is 2.59. The SMILES string of the molecule is Cc1ccsc1[C@@H]1C[C@@H]1C(=O)N[C@H]1CC[C@@H](C(=O)O)C1. The maximum absolute atomic E-state index is 12.2. The van der Waals surface area contributed by atoms with E-state index in [9.17, 15) is 9.59 Å². The zero-order valence-electron chi connectivity index (χ0n) is 11.5. The fourth-order valence-corrected chi connectivity index (χ4v) is 4.29. The summed E-state index contributed by atoms with van der Waals surface area (Å²) in [4.78, 5) is 24.4. The summed E-state index contributed by atoms with van der Waals surface area (Å²) in [6.45, 7) is 2.09. The predicted octanol–water partition coefficient (Wildman–Crippen LogP) is 2.53. The lowest BCUT2D eigenvalue weighted by atomic mass is 10.1. The maximum atomic E-state index is 12.2. The van der Waals surface area contributed by atoms with Crippen molar-refractivity contribution in [2.24, 2.45) is 11.8 Å². The van der Waals surface area contributed by atoms with Gasteiger partial charge in [0.15, 0.2) is 0 Å². The van der Waals surface area contributed by atoms with E-state index in [-0.39, 0.29) is 23.8 Å². The second kappa shape index (κ2) is 5.20. The van der Waals surface area contributed by atoms with Crippen LogP contribution in [0.5, 0.6) is 0 Å². The molecule has 2 aliphatic carbocycles. The highest BCUT2D eigenvalue weighted by atomic mass is 32.1. The molecule has 1 heterocycles. The lowest BCUT2D eigenvalue weighted by molar-refractivity contribution is -0.141. The van der Waals surface area contributed by atoms with Crippen LogP contribution in [0.2, 0.25) is 0 Å². The first-order chi connectivity index (χ1) is 9.56. The lowest BCUT2D eigenvalue weighted by Crippen LogP contribution is -2.34. The molecule has 4 nitrogen and oxygen atoms in total. The number of rotatable bonds is 4. The number of amides is 1. The van der Waals surface area contributed by atoms with Crippen LogP contribution in [-0.4, -0.2) is 23.0 Å². The number of aryl methyl sites for hydroxylation is 1. The first-order valence-corrected chi connectivity index (χ1v) is 8.01. The second-order valence-corrected chi connectivity index (χ2v) is 6.92. The monoisotopic (exact) mass is 293 g/mol. The van der Waals surface area contributed by atoms with Gasteiger partial charge in [-0.2, -0.15) is 0 Å². The molecule has 0 saturated heterocycles. The summed E-state index contributed by atoms with van der Waals surface area (Å²) in [5, 5.41) is 14.1. The van der Waals surface area contributed by atoms with Crippen molar-refractivity contribution in [3.63, 3.8) is 0 Å². The largest absolute Gasteiger partial charge is 0.481 e. The number of carbonyl (C=O) groups is 2. The van der Waals surface area contributed by atoms with Crippen molar-refractivity contribution in [1.82, 2.24) is 5.32 Å². The molecule has 0 unspecified atom stereocenters. The van der Waals surface area contributed by atoms with E-state index in [1.807, 2.05) is 0 Å². The van der Waals surface area contributed by atoms with Crippen LogP contribution in [0, 0.1) is 18.8 Å². The Labute approximate surface area is 122 Å². The molecule has 1 aromatic rings. The minimum atomic E-state index is -0.736. The summed E-state index contributed by atoms with van der Waals surface area (Å²) in [5.74, 6) is -0.433. The Morgan fingerprint density at radius 1 is 1.35 bits per heavy atom. The van der Waals surface area contributed by atoms with Gasteiger partial charge in [0.25, 0.3) is 0 Å². The van der Waals surface area contributed by atoms with Gasteiger partial charge in [0.2, 0.25) is 5.91 Å². The van der Waals surface area contributed by atoms with E-state index >= 15 is 0 Å². The van der Waals surface area contributed by atoms with Gasteiger partial charge in [-0.1, -0.05) is 0 Å². The number of carboxylic acid groups (broad SMARTS) is 1. The molecular formula is C15H19NO3S.